The number of rotatable bonds is 4. The number of carbonyl (C=O) groups excluding carboxylic acids is 1. The van der Waals surface area contributed by atoms with Crippen molar-refractivity contribution in [3.63, 3.8) is 0 Å². The Morgan fingerprint density at radius 2 is 2.00 bits per heavy atom. The van der Waals surface area contributed by atoms with Gasteiger partial charge in [0.25, 0.3) is 0 Å². The van der Waals surface area contributed by atoms with Crippen LogP contribution in [0.3, 0.4) is 0 Å². The number of nitrogens with zero attached hydrogens (tertiary/aromatic N) is 1. The van der Waals surface area contributed by atoms with E-state index in [1.54, 1.807) is 11.3 Å². The number of nitrogens with two attached hydrogens (primary N) is 1. The minimum atomic E-state index is -0.381. The van der Waals surface area contributed by atoms with E-state index in [-0.39, 0.29) is 5.91 Å². The number of amides is 1. The number of aromatic nitrogens is 1. The normalized spacial score (nSPS) is 11.6. The lowest BCUT2D eigenvalue weighted by Gasteiger charge is -2.09. The summed E-state index contributed by atoms with van der Waals surface area (Å²) in [5, 5.41) is 6.30. The second-order valence-corrected chi connectivity index (χ2v) is 7.49. The summed E-state index contributed by atoms with van der Waals surface area (Å²) in [5.74, 6) is 0.0701. The number of benzene rings is 2. The monoisotopic (exact) mass is 348 g/mol. The fourth-order valence-corrected chi connectivity index (χ4v) is 4.12. The number of fused-ring (bicyclic) bond motifs is 3. The minimum Gasteiger partial charge on any atom is -0.366 e. The molecular formula is C21H20N2OS. The third kappa shape index (κ3) is 2.63. The highest BCUT2D eigenvalue weighted by atomic mass is 32.1. The van der Waals surface area contributed by atoms with Crippen molar-refractivity contribution in [3.8, 4) is 0 Å². The first-order chi connectivity index (χ1) is 12.1. The summed E-state index contributed by atoms with van der Waals surface area (Å²) in [4.78, 5) is 12.0. The molecule has 2 aromatic carbocycles. The molecule has 126 valence electrons. The lowest BCUT2D eigenvalue weighted by atomic mass is 10.00. The lowest BCUT2D eigenvalue weighted by Crippen LogP contribution is -2.11. The zero-order valence-corrected chi connectivity index (χ0v) is 15.1. The summed E-state index contributed by atoms with van der Waals surface area (Å²) in [5.41, 5.74) is 11.0. The van der Waals surface area contributed by atoms with Crippen LogP contribution in [0.4, 0.5) is 0 Å². The van der Waals surface area contributed by atoms with Crippen molar-refractivity contribution in [1.82, 2.24) is 4.57 Å². The van der Waals surface area contributed by atoms with Crippen LogP contribution in [0.25, 0.3) is 21.8 Å². The Labute approximate surface area is 150 Å². The zero-order chi connectivity index (χ0) is 17.6. The lowest BCUT2D eigenvalue weighted by molar-refractivity contribution is 0.100. The van der Waals surface area contributed by atoms with E-state index >= 15 is 0 Å². The third-order valence-electron chi connectivity index (χ3n) is 4.77. The molecule has 1 amide bonds. The molecule has 3 nitrogen and oxygen atoms in total. The summed E-state index contributed by atoms with van der Waals surface area (Å²) in [6, 6.07) is 14.5. The first-order valence-corrected chi connectivity index (χ1v) is 9.36. The van der Waals surface area contributed by atoms with Gasteiger partial charge in [-0.1, -0.05) is 32.0 Å². The Kier molecular flexibility index (Phi) is 3.85. The Morgan fingerprint density at radius 1 is 1.16 bits per heavy atom. The zero-order valence-electron chi connectivity index (χ0n) is 14.3. The molecule has 4 aromatic rings. The second kappa shape index (κ2) is 6.05. The quantitative estimate of drug-likeness (QED) is 0.546. The van der Waals surface area contributed by atoms with E-state index < -0.39 is 0 Å². The van der Waals surface area contributed by atoms with Crippen molar-refractivity contribution in [3.05, 3.63) is 69.9 Å². The first-order valence-electron chi connectivity index (χ1n) is 8.42. The molecule has 0 bridgehead atoms. The molecule has 0 saturated heterocycles. The Morgan fingerprint density at radius 3 is 2.68 bits per heavy atom. The molecule has 0 unspecified atom stereocenters. The maximum atomic E-state index is 12.0. The molecule has 0 fully saturated rings. The van der Waals surface area contributed by atoms with E-state index in [1.165, 1.54) is 11.1 Å². The van der Waals surface area contributed by atoms with Gasteiger partial charge in [0.05, 0.1) is 5.52 Å². The summed E-state index contributed by atoms with van der Waals surface area (Å²) in [6.45, 7) is 5.18. The molecule has 0 aliphatic carbocycles. The second-order valence-electron chi connectivity index (χ2n) is 6.71. The van der Waals surface area contributed by atoms with E-state index in [1.807, 2.05) is 12.1 Å². The van der Waals surface area contributed by atoms with Crippen molar-refractivity contribution in [1.29, 1.82) is 0 Å². The van der Waals surface area contributed by atoms with E-state index in [0.29, 0.717) is 11.5 Å². The largest absolute Gasteiger partial charge is 0.366 e. The molecule has 0 atom stereocenters. The highest BCUT2D eigenvalue weighted by Crippen LogP contribution is 2.34. The standard InChI is InChI=1S/C21H20N2OS/c1-13(2)15-6-7-16-19(10-15)23(11-14-8-9-25-12-14)18-5-3-4-17(20(16)18)21(22)24/h3-10,12-13H,11H2,1-2H3,(H2,22,24). The maximum Gasteiger partial charge on any atom is 0.249 e. The van der Waals surface area contributed by atoms with E-state index in [4.69, 9.17) is 5.73 Å². The molecule has 25 heavy (non-hydrogen) atoms. The predicted molar refractivity (Wildman–Crippen MR) is 105 cm³/mol. The van der Waals surface area contributed by atoms with E-state index in [9.17, 15) is 4.79 Å². The third-order valence-corrected chi connectivity index (χ3v) is 5.50. The average Bonchev–Trinajstić information content (AvgIpc) is 3.21. The van der Waals surface area contributed by atoms with Crippen molar-refractivity contribution < 1.29 is 4.79 Å². The van der Waals surface area contributed by atoms with Crippen LogP contribution in [0.2, 0.25) is 0 Å². The smallest absolute Gasteiger partial charge is 0.249 e. The van der Waals surface area contributed by atoms with Crippen LogP contribution < -0.4 is 5.73 Å². The van der Waals surface area contributed by atoms with E-state index in [0.717, 1.165) is 28.4 Å². The Hall–Kier alpha value is -2.59. The molecule has 0 radical (unpaired) electrons. The number of hydrogen-bond donors (Lipinski definition) is 1. The van der Waals surface area contributed by atoms with Gasteiger partial charge < -0.3 is 10.3 Å². The molecule has 2 heterocycles. The number of thiophene rings is 1. The van der Waals surface area contributed by atoms with Gasteiger partial charge in [-0.05, 0) is 52.1 Å². The fourth-order valence-electron chi connectivity index (χ4n) is 3.46. The number of hydrogen-bond acceptors (Lipinski definition) is 2. The molecule has 0 aliphatic heterocycles. The van der Waals surface area contributed by atoms with Crippen LogP contribution >= 0.6 is 11.3 Å². The highest BCUT2D eigenvalue weighted by Gasteiger charge is 2.17. The first kappa shape index (κ1) is 15.9. The van der Waals surface area contributed by atoms with Crippen LogP contribution in [-0.4, -0.2) is 10.5 Å². The predicted octanol–water partition coefficient (Wildman–Crippen LogP) is 5.13. The number of primary amides is 1. The topological polar surface area (TPSA) is 48.0 Å². The van der Waals surface area contributed by atoms with Gasteiger partial charge in [0.2, 0.25) is 5.91 Å². The van der Waals surface area contributed by atoms with Crippen molar-refractivity contribution >= 4 is 39.0 Å². The van der Waals surface area contributed by atoms with Gasteiger partial charge in [-0.2, -0.15) is 11.3 Å². The SMILES string of the molecule is CC(C)c1ccc2c3c(C(N)=O)cccc3n(Cc3ccsc3)c2c1. The average molecular weight is 348 g/mol. The van der Waals surface area contributed by atoms with Gasteiger partial charge in [0.1, 0.15) is 0 Å². The Bertz CT molecular complexity index is 1070. The molecule has 0 spiro atoms. The van der Waals surface area contributed by atoms with Crippen LogP contribution in [0.15, 0.2) is 53.2 Å². The van der Waals surface area contributed by atoms with Crippen LogP contribution in [0.1, 0.15) is 41.3 Å². The van der Waals surface area contributed by atoms with Crippen LogP contribution in [-0.2, 0) is 6.54 Å². The van der Waals surface area contributed by atoms with Crippen LogP contribution in [0, 0.1) is 0 Å². The summed E-state index contributed by atoms with van der Waals surface area (Å²) < 4.78 is 2.30. The summed E-state index contributed by atoms with van der Waals surface area (Å²) in [7, 11) is 0. The number of carbonyl (C=O) groups is 1. The highest BCUT2D eigenvalue weighted by molar-refractivity contribution is 7.07. The van der Waals surface area contributed by atoms with Crippen LogP contribution in [0.5, 0.6) is 0 Å². The Balaban J connectivity index is 2.09. The molecule has 4 heteroatoms. The van der Waals surface area contributed by atoms with Gasteiger partial charge in [0, 0.05) is 28.4 Å². The molecule has 4 rings (SSSR count). The molecule has 0 saturated carbocycles. The van der Waals surface area contributed by atoms with Gasteiger partial charge >= 0.3 is 0 Å². The van der Waals surface area contributed by atoms with Crippen molar-refractivity contribution in [2.75, 3.05) is 0 Å². The van der Waals surface area contributed by atoms with Gasteiger partial charge in [-0.3, -0.25) is 4.79 Å². The maximum absolute atomic E-state index is 12.0. The molecule has 0 aliphatic rings. The van der Waals surface area contributed by atoms with Crippen molar-refractivity contribution in [2.45, 2.75) is 26.3 Å². The van der Waals surface area contributed by atoms with E-state index in [2.05, 4.69) is 59.5 Å². The molecule has 2 N–H and O–H groups in total. The molecular weight excluding hydrogens is 328 g/mol. The van der Waals surface area contributed by atoms with Gasteiger partial charge in [0.15, 0.2) is 0 Å². The summed E-state index contributed by atoms with van der Waals surface area (Å²) in [6.07, 6.45) is 0. The fraction of sp³-hybridized carbons (Fsp3) is 0.190. The molecule has 2 aromatic heterocycles. The van der Waals surface area contributed by atoms with Gasteiger partial charge in [-0.25, -0.2) is 0 Å². The van der Waals surface area contributed by atoms with Crippen molar-refractivity contribution in [2.24, 2.45) is 5.73 Å². The minimum absolute atomic E-state index is 0.381. The van der Waals surface area contributed by atoms with Gasteiger partial charge in [-0.15, -0.1) is 0 Å². The summed E-state index contributed by atoms with van der Waals surface area (Å²) >= 11 is 1.70.